The molecule has 1 aromatic carbocycles. The molecule has 2 N–H and O–H groups in total. The van der Waals surface area contributed by atoms with Crippen molar-refractivity contribution in [3.05, 3.63) is 23.8 Å². The van der Waals surface area contributed by atoms with Crippen molar-refractivity contribution in [1.29, 1.82) is 0 Å². The first-order valence-electron chi connectivity index (χ1n) is 9.20. The third-order valence-electron chi connectivity index (χ3n) is 5.10. The molecule has 0 bridgehead atoms. The Balaban J connectivity index is 0.00000261. The Morgan fingerprint density at radius 2 is 2.00 bits per heavy atom. The lowest BCUT2D eigenvalue weighted by atomic mass is 10.1. The molecule has 2 heterocycles. The largest absolute Gasteiger partial charge is 0.493 e. The second-order valence-corrected chi connectivity index (χ2v) is 7.10. The molecule has 0 aliphatic carbocycles. The predicted octanol–water partition coefficient (Wildman–Crippen LogP) is 1.13. The van der Waals surface area contributed by atoms with Crippen molar-refractivity contribution in [3.63, 3.8) is 0 Å². The summed E-state index contributed by atoms with van der Waals surface area (Å²) in [6.45, 7) is 7.36. The van der Waals surface area contributed by atoms with Crippen LogP contribution < -0.4 is 15.2 Å². The summed E-state index contributed by atoms with van der Waals surface area (Å²) < 4.78 is 16.4. The van der Waals surface area contributed by atoms with Crippen LogP contribution in [0.5, 0.6) is 11.5 Å². The summed E-state index contributed by atoms with van der Waals surface area (Å²) >= 11 is 0. The number of ether oxygens (including phenoxy) is 3. The van der Waals surface area contributed by atoms with Crippen molar-refractivity contribution in [3.8, 4) is 11.5 Å². The Morgan fingerprint density at radius 3 is 2.63 bits per heavy atom. The van der Waals surface area contributed by atoms with Gasteiger partial charge >= 0.3 is 0 Å². The van der Waals surface area contributed by atoms with Crippen LogP contribution >= 0.6 is 12.4 Å². The zero-order valence-electron chi connectivity index (χ0n) is 16.1. The van der Waals surface area contributed by atoms with Gasteiger partial charge in [0.25, 0.3) is 5.91 Å². The molecule has 0 aromatic heterocycles. The molecular formula is C19H30ClN3O4. The molecule has 2 saturated heterocycles. The van der Waals surface area contributed by atoms with Crippen LogP contribution in [0.3, 0.4) is 0 Å². The Hall–Kier alpha value is -1.54. The maximum Gasteiger partial charge on any atom is 0.260 e. The summed E-state index contributed by atoms with van der Waals surface area (Å²) in [5.74, 6) is 1.73. The van der Waals surface area contributed by atoms with E-state index in [1.54, 1.807) is 12.0 Å². The molecule has 2 unspecified atom stereocenters. The van der Waals surface area contributed by atoms with E-state index in [2.05, 4.69) is 11.8 Å². The van der Waals surface area contributed by atoms with Crippen LogP contribution in [0.1, 0.15) is 12.5 Å². The minimum atomic E-state index is -0.0283. The van der Waals surface area contributed by atoms with Gasteiger partial charge in [-0.2, -0.15) is 0 Å². The lowest BCUT2D eigenvalue weighted by Crippen LogP contribution is -2.43. The molecule has 2 fully saturated rings. The van der Waals surface area contributed by atoms with Crippen LogP contribution in [-0.4, -0.2) is 74.9 Å². The predicted molar refractivity (Wildman–Crippen MR) is 106 cm³/mol. The second-order valence-electron chi connectivity index (χ2n) is 7.10. The zero-order valence-corrected chi connectivity index (χ0v) is 16.9. The standard InChI is InChI=1S/C19H29N3O4.ClH/c1-14-10-21(12-16(14)20)11-15-3-4-17(18(9-15)24-2)26-13-19(23)22-5-7-25-8-6-22;/h3-4,9,14,16H,5-8,10-13,20H2,1-2H3;1H. The average Bonchev–Trinajstić information content (AvgIpc) is 2.98. The molecule has 7 nitrogen and oxygen atoms in total. The van der Waals surface area contributed by atoms with Gasteiger partial charge in [-0.25, -0.2) is 0 Å². The number of halogens is 1. The van der Waals surface area contributed by atoms with Gasteiger partial charge in [0.15, 0.2) is 18.1 Å². The molecule has 2 aliphatic heterocycles. The highest BCUT2D eigenvalue weighted by molar-refractivity contribution is 5.85. The van der Waals surface area contributed by atoms with E-state index < -0.39 is 0 Å². The van der Waals surface area contributed by atoms with Crippen molar-refractivity contribution in [2.45, 2.75) is 19.5 Å². The van der Waals surface area contributed by atoms with E-state index >= 15 is 0 Å². The van der Waals surface area contributed by atoms with Gasteiger partial charge in [0, 0.05) is 38.8 Å². The zero-order chi connectivity index (χ0) is 18.5. The summed E-state index contributed by atoms with van der Waals surface area (Å²) in [5.41, 5.74) is 7.25. The molecule has 0 spiro atoms. The summed E-state index contributed by atoms with van der Waals surface area (Å²) in [7, 11) is 1.61. The first-order valence-corrected chi connectivity index (χ1v) is 9.20. The maximum atomic E-state index is 12.2. The highest BCUT2D eigenvalue weighted by Gasteiger charge is 2.26. The first-order chi connectivity index (χ1) is 12.6. The van der Waals surface area contributed by atoms with E-state index in [1.807, 2.05) is 18.2 Å². The quantitative estimate of drug-likeness (QED) is 0.772. The molecule has 2 atom stereocenters. The Kier molecular flexibility index (Phi) is 8.16. The van der Waals surface area contributed by atoms with E-state index in [1.165, 1.54) is 0 Å². The molecule has 1 aromatic rings. The number of nitrogens with zero attached hydrogens (tertiary/aromatic N) is 2. The van der Waals surface area contributed by atoms with Gasteiger partial charge < -0.3 is 24.8 Å². The van der Waals surface area contributed by atoms with E-state index in [0.717, 1.165) is 25.2 Å². The fourth-order valence-corrected chi connectivity index (χ4v) is 3.46. The van der Waals surface area contributed by atoms with Crippen molar-refractivity contribution in [1.82, 2.24) is 9.80 Å². The van der Waals surface area contributed by atoms with E-state index in [9.17, 15) is 4.79 Å². The normalized spacial score (nSPS) is 23.0. The maximum absolute atomic E-state index is 12.2. The van der Waals surface area contributed by atoms with E-state index in [4.69, 9.17) is 19.9 Å². The molecule has 2 aliphatic rings. The number of carbonyl (C=O) groups excluding carboxylic acids is 1. The first kappa shape index (κ1) is 21.8. The van der Waals surface area contributed by atoms with Crippen LogP contribution in [0, 0.1) is 5.92 Å². The number of hydrogen-bond acceptors (Lipinski definition) is 6. The van der Waals surface area contributed by atoms with Crippen LogP contribution in [0.4, 0.5) is 0 Å². The lowest BCUT2D eigenvalue weighted by Gasteiger charge is -2.26. The Bertz CT molecular complexity index is 615. The summed E-state index contributed by atoms with van der Waals surface area (Å²) in [6.07, 6.45) is 0. The molecule has 8 heteroatoms. The number of carbonyl (C=O) groups is 1. The highest BCUT2D eigenvalue weighted by atomic mass is 35.5. The van der Waals surface area contributed by atoms with Crippen molar-refractivity contribution >= 4 is 18.3 Å². The number of likely N-dealkylation sites (tertiary alicyclic amines) is 1. The molecule has 27 heavy (non-hydrogen) atoms. The lowest BCUT2D eigenvalue weighted by molar-refractivity contribution is -0.137. The average molecular weight is 400 g/mol. The van der Waals surface area contributed by atoms with Gasteiger partial charge in [0.2, 0.25) is 0 Å². The third-order valence-corrected chi connectivity index (χ3v) is 5.10. The van der Waals surface area contributed by atoms with Crippen LogP contribution in [-0.2, 0) is 16.1 Å². The molecular weight excluding hydrogens is 370 g/mol. The number of benzene rings is 1. The van der Waals surface area contributed by atoms with Crippen LogP contribution in [0.2, 0.25) is 0 Å². The van der Waals surface area contributed by atoms with E-state index in [0.29, 0.717) is 43.7 Å². The topological polar surface area (TPSA) is 77.3 Å². The van der Waals surface area contributed by atoms with Gasteiger partial charge in [-0.05, 0) is 23.6 Å². The van der Waals surface area contributed by atoms with Gasteiger partial charge in [-0.15, -0.1) is 12.4 Å². The molecule has 1 amide bonds. The number of hydrogen-bond donors (Lipinski definition) is 1. The minimum Gasteiger partial charge on any atom is -0.493 e. The summed E-state index contributed by atoms with van der Waals surface area (Å²) in [5, 5.41) is 0. The monoisotopic (exact) mass is 399 g/mol. The number of rotatable bonds is 6. The minimum absolute atomic E-state index is 0. The second kappa shape index (κ2) is 10.1. The fraction of sp³-hybridized carbons (Fsp3) is 0.632. The van der Waals surface area contributed by atoms with Gasteiger partial charge in [0.05, 0.1) is 20.3 Å². The highest BCUT2D eigenvalue weighted by Crippen LogP contribution is 2.29. The van der Waals surface area contributed by atoms with Gasteiger partial charge in [-0.3, -0.25) is 9.69 Å². The Morgan fingerprint density at radius 1 is 1.26 bits per heavy atom. The summed E-state index contributed by atoms with van der Waals surface area (Å²) in [6, 6.07) is 6.11. The van der Waals surface area contributed by atoms with Crippen LogP contribution in [0.15, 0.2) is 18.2 Å². The van der Waals surface area contributed by atoms with Gasteiger partial charge in [0.1, 0.15) is 0 Å². The third kappa shape index (κ3) is 5.72. The SMILES string of the molecule is COc1cc(CN2CC(C)C(N)C2)ccc1OCC(=O)N1CCOCC1.Cl. The fourth-order valence-electron chi connectivity index (χ4n) is 3.46. The van der Waals surface area contributed by atoms with Crippen LogP contribution in [0.25, 0.3) is 0 Å². The number of nitrogens with two attached hydrogens (primary N) is 1. The number of morpholine rings is 1. The number of amides is 1. The van der Waals surface area contributed by atoms with Crippen molar-refractivity contribution < 1.29 is 19.0 Å². The Labute approximate surface area is 167 Å². The molecule has 3 rings (SSSR count). The van der Waals surface area contributed by atoms with Crippen molar-refractivity contribution in [2.75, 3.05) is 53.1 Å². The van der Waals surface area contributed by atoms with E-state index in [-0.39, 0.29) is 31.0 Å². The molecule has 152 valence electrons. The van der Waals surface area contributed by atoms with Crippen molar-refractivity contribution in [2.24, 2.45) is 11.7 Å². The smallest absolute Gasteiger partial charge is 0.260 e. The molecule has 0 saturated carbocycles. The van der Waals surface area contributed by atoms with Gasteiger partial charge in [-0.1, -0.05) is 13.0 Å². The number of methoxy groups -OCH3 is 1. The molecule has 0 radical (unpaired) electrons. The summed E-state index contributed by atoms with van der Waals surface area (Å²) in [4.78, 5) is 16.3.